The van der Waals surface area contributed by atoms with Gasteiger partial charge < -0.3 is 10.1 Å². The van der Waals surface area contributed by atoms with E-state index in [1.54, 1.807) is 30.3 Å². The molecular weight excluding hydrogens is 286 g/mol. The number of benzene rings is 2. The monoisotopic (exact) mass is 309 g/mol. The summed E-state index contributed by atoms with van der Waals surface area (Å²) in [6, 6.07) is 15.4. The molecule has 0 bridgehead atoms. The van der Waals surface area contributed by atoms with Crippen molar-refractivity contribution in [3.63, 3.8) is 0 Å². The van der Waals surface area contributed by atoms with E-state index >= 15 is 0 Å². The average molecular weight is 309 g/mol. The van der Waals surface area contributed by atoms with Crippen LogP contribution in [0, 0.1) is 0 Å². The number of hydrogen-bond acceptors (Lipinski definition) is 2. The second-order valence-electron chi connectivity index (χ2n) is 5.41. The van der Waals surface area contributed by atoms with E-state index in [0.29, 0.717) is 12.2 Å². The SMILES string of the molecule is C=CCOc1ccc(C(=O)N[C@@H](C)c2ccc(CC)cc2)cc1. The van der Waals surface area contributed by atoms with E-state index in [2.05, 4.69) is 43.1 Å². The van der Waals surface area contributed by atoms with Crippen LogP contribution in [-0.4, -0.2) is 12.5 Å². The smallest absolute Gasteiger partial charge is 0.251 e. The summed E-state index contributed by atoms with van der Waals surface area (Å²) in [5.41, 5.74) is 3.01. The molecular formula is C20H23NO2. The minimum absolute atomic E-state index is 0.0369. The normalized spacial score (nSPS) is 11.6. The molecule has 0 heterocycles. The number of rotatable bonds is 7. The highest BCUT2D eigenvalue weighted by atomic mass is 16.5. The minimum atomic E-state index is -0.0904. The third-order valence-corrected chi connectivity index (χ3v) is 3.72. The van der Waals surface area contributed by atoms with Crippen LogP contribution in [0.15, 0.2) is 61.2 Å². The minimum Gasteiger partial charge on any atom is -0.490 e. The van der Waals surface area contributed by atoms with Gasteiger partial charge in [0, 0.05) is 5.56 Å². The summed E-state index contributed by atoms with van der Waals surface area (Å²) >= 11 is 0. The molecule has 3 nitrogen and oxygen atoms in total. The summed E-state index contributed by atoms with van der Waals surface area (Å²) in [6.45, 7) is 8.17. The molecule has 23 heavy (non-hydrogen) atoms. The molecule has 0 saturated carbocycles. The maximum atomic E-state index is 12.3. The molecule has 0 aliphatic rings. The van der Waals surface area contributed by atoms with E-state index in [-0.39, 0.29) is 11.9 Å². The van der Waals surface area contributed by atoms with Gasteiger partial charge in [-0.15, -0.1) is 0 Å². The molecule has 0 aromatic heterocycles. The quantitative estimate of drug-likeness (QED) is 0.774. The Labute approximate surface area is 138 Å². The van der Waals surface area contributed by atoms with Gasteiger partial charge in [-0.25, -0.2) is 0 Å². The summed E-state index contributed by atoms with van der Waals surface area (Å²) < 4.78 is 5.41. The number of aryl methyl sites for hydroxylation is 1. The van der Waals surface area contributed by atoms with Gasteiger partial charge in [0.05, 0.1) is 6.04 Å². The van der Waals surface area contributed by atoms with Crippen molar-refractivity contribution in [1.29, 1.82) is 0 Å². The van der Waals surface area contributed by atoms with Crippen molar-refractivity contribution in [2.45, 2.75) is 26.3 Å². The van der Waals surface area contributed by atoms with Crippen LogP contribution in [0.3, 0.4) is 0 Å². The van der Waals surface area contributed by atoms with E-state index in [1.807, 2.05) is 6.92 Å². The third kappa shape index (κ3) is 4.71. The van der Waals surface area contributed by atoms with Crippen molar-refractivity contribution in [3.05, 3.63) is 77.9 Å². The van der Waals surface area contributed by atoms with E-state index in [1.165, 1.54) is 5.56 Å². The van der Waals surface area contributed by atoms with Crippen molar-refractivity contribution in [2.75, 3.05) is 6.61 Å². The lowest BCUT2D eigenvalue weighted by molar-refractivity contribution is 0.0940. The van der Waals surface area contributed by atoms with Gasteiger partial charge in [-0.2, -0.15) is 0 Å². The zero-order valence-corrected chi connectivity index (χ0v) is 13.7. The fraction of sp³-hybridized carbons (Fsp3) is 0.250. The Morgan fingerprint density at radius 1 is 1.17 bits per heavy atom. The van der Waals surface area contributed by atoms with E-state index in [4.69, 9.17) is 4.74 Å². The lowest BCUT2D eigenvalue weighted by atomic mass is 10.0. The summed E-state index contributed by atoms with van der Waals surface area (Å²) in [7, 11) is 0. The first kappa shape index (κ1) is 16.8. The van der Waals surface area contributed by atoms with Gasteiger partial charge in [0.15, 0.2) is 0 Å². The predicted octanol–water partition coefficient (Wildman–Crippen LogP) is 4.30. The van der Waals surface area contributed by atoms with Gasteiger partial charge in [-0.1, -0.05) is 43.8 Å². The van der Waals surface area contributed by atoms with Crippen LogP contribution in [0.4, 0.5) is 0 Å². The molecule has 2 aromatic rings. The second kappa shape index (κ2) is 8.18. The van der Waals surface area contributed by atoms with Gasteiger partial charge >= 0.3 is 0 Å². The molecule has 120 valence electrons. The number of ether oxygens (including phenoxy) is 1. The van der Waals surface area contributed by atoms with Crippen LogP contribution >= 0.6 is 0 Å². The molecule has 2 aromatic carbocycles. The van der Waals surface area contributed by atoms with Crippen LogP contribution in [0.2, 0.25) is 0 Å². The van der Waals surface area contributed by atoms with Crippen molar-refractivity contribution in [1.82, 2.24) is 5.32 Å². The van der Waals surface area contributed by atoms with Gasteiger partial charge in [-0.05, 0) is 48.7 Å². The molecule has 0 fully saturated rings. The second-order valence-corrected chi connectivity index (χ2v) is 5.41. The van der Waals surface area contributed by atoms with Crippen LogP contribution in [-0.2, 0) is 6.42 Å². The van der Waals surface area contributed by atoms with Gasteiger partial charge in [0.2, 0.25) is 0 Å². The first-order valence-electron chi connectivity index (χ1n) is 7.87. The fourth-order valence-electron chi connectivity index (χ4n) is 2.26. The number of carbonyl (C=O) groups is 1. The van der Waals surface area contributed by atoms with Crippen molar-refractivity contribution >= 4 is 5.91 Å². The number of amides is 1. The van der Waals surface area contributed by atoms with Crippen LogP contribution in [0.25, 0.3) is 0 Å². The standard InChI is InChI=1S/C20H23NO2/c1-4-14-23-19-12-10-18(11-13-19)20(22)21-15(3)17-8-6-16(5-2)7-9-17/h4,6-13,15H,1,5,14H2,2-3H3,(H,21,22)/t15-/m0/s1. The highest BCUT2D eigenvalue weighted by molar-refractivity contribution is 5.94. The van der Waals surface area contributed by atoms with Crippen LogP contribution < -0.4 is 10.1 Å². The zero-order valence-electron chi connectivity index (χ0n) is 13.7. The molecule has 1 atom stereocenters. The zero-order chi connectivity index (χ0) is 16.7. The van der Waals surface area contributed by atoms with Crippen molar-refractivity contribution in [2.24, 2.45) is 0 Å². The van der Waals surface area contributed by atoms with Gasteiger partial charge in [0.1, 0.15) is 12.4 Å². The summed E-state index contributed by atoms with van der Waals surface area (Å²) in [5, 5.41) is 3.02. The first-order valence-corrected chi connectivity index (χ1v) is 7.87. The van der Waals surface area contributed by atoms with E-state index in [9.17, 15) is 4.79 Å². The van der Waals surface area contributed by atoms with Crippen molar-refractivity contribution < 1.29 is 9.53 Å². The third-order valence-electron chi connectivity index (χ3n) is 3.72. The topological polar surface area (TPSA) is 38.3 Å². The first-order chi connectivity index (χ1) is 11.1. The van der Waals surface area contributed by atoms with E-state index < -0.39 is 0 Å². The maximum Gasteiger partial charge on any atom is 0.251 e. The Morgan fingerprint density at radius 3 is 2.39 bits per heavy atom. The summed E-state index contributed by atoms with van der Waals surface area (Å²) in [6.07, 6.45) is 2.70. The predicted molar refractivity (Wildman–Crippen MR) is 93.8 cm³/mol. The molecule has 2 rings (SSSR count). The molecule has 0 aliphatic heterocycles. The largest absolute Gasteiger partial charge is 0.490 e. The van der Waals surface area contributed by atoms with Crippen LogP contribution in [0.5, 0.6) is 5.75 Å². The lowest BCUT2D eigenvalue weighted by Gasteiger charge is -2.15. The average Bonchev–Trinajstić information content (AvgIpc) is 2.60. The molecule has 0 unspecified atom stereocenters. The summed E-state index contributed by atoms with van der Waals surface area (Å²) in [5.74, 6) is 0.636. The molecule has 0 radical (unpaired) electrons. The molecule has 3 heteroatoms. The summed E-state index contributed by atoms with van der Waals surface area (Å²) in [4.78, 5) is 12.3. The van der Waals surface area contributed by atoms with Crippen molar-refractivity contribution in [3.8, 4) is 5.75 Å². The Bertz CT molecular complexity index is 644. The Balaban J connectivity index is 1.98. The Hall–Kier alpha value is -2.55. The fourth-order valence-corrected chi connectivity index (χ4v) is 2.26. The molecule has 0 spiro atoms. The molecule has 1 N–H and O–H groups in total. The lowest BCUT2D eigenvalue weighted by Crippen LogP contribution is -2.26. The number of nitrogens with one attached hydrogen (secondary N) is 1. The number of hydrogen-bond donors (Lipinski definition) is 1. The maximum absolute atomic E-state index is 12.3. The van der Waals surface area contributed by atoms with Gasteiger partial charge in [0.25, 0.3) is 5.91 Å². The molecule has 0 saturated heterocycles. The van der Waals surface area contributed by atoms with Crippen LogP contribution in [0.1, 0.15) is 41.4 Å². The van der Waals surface area contributed by atoms with E-state index in [0.717, 1.165) is 17.7 Å². The highest BCUT2D eigenvalue weighted by Gasteiger charge is 2.11. The number of carbonyl (C=O) groups excluding carboxylic acids is 1. The Morgan fingerprint density at radius 2 is 1.83 bits per heavy atom. The molecule has 0 aliphatic carbocycles. The van der Waals surface area contributed by atoms with Gasteiger partial charge in [-0.3, -0.25) is 4.79 Å². The Kier molecular flexibility index (Phi) is 5.98. The molecule has 1 amide bonds. The highest BCUT2D eigenvalue weighted by Crippen LogP contribution is 2.16.